The second kappa shape index (κ2) is 8.14. The minimum atomic E-state index is -3.67. The Balaban J connectivity index is 2.17. The van der Waals surface area contributed by atoms with Crippen molar-refractivity contribution in [3.8, 4) is 0 Å². The zero-order valence-corrected chi connectivity index (χ0v) is 15.0. The Bertz CT molecular complexity index is 643. The highest BCUT2D eigenvalue weighted by molar-refractivity contribution is 7.99. The summed E-state index contributed by atoms with van der Waals surface area (Å²) in [7, 11) is -2.16. The van der Waals surface area contributed by atoms with Crippen molar-refractivity contribution in [1.82, 2.24) is 9.62 Å². The van der Waals surface area contributed by atoms with Crippen molar-refractivity contribution in [3.63, 3.8) is 0 Å². The summed E-state index contributed by atoms with van der Waals surface area (Å²) in [5.74, 6) is 1.71. The standard InChI is InChI=1S/C15H22N2O4S2/c1-12(11-21-2)16-23(19,20)14-5-3-4-13(10-14)15(18)17-6-8-22-9-7-17/h3-5,10,12,16H,6-9,11H2,1-2H3. The number of carbonyl (C=O) groups excluding carboxylic acids is 1. The van der Waals surface area contributed by atoms with Crippen LogP contribution in [0.1, 0.15) is 17.3 Å². The lowest BCUT2D eigenvalue weighted by Crippen LogP contribution is -2.38. The molecule has 0 aromatic heterocycles. The van der Waals surface area contributed by atoms with Gasteiger partial charge in [0.15, 0.2) is 0 Å². The molecule has 128 valence electrons. The topological polar surface area (TPSA) is 75.7 Å². The molecule has 1 amide bonds. The molecule has 1 aliphatic heterocycles. The van der Waals surface area contributed by atoms with Gasteiger partial charge < -0.3 is 9.64 Å². The molecule has 1 aromatic rings. The summed E-state index contributed by atoms with van der Waals surface area (Å²) < 4.78 is 32.2. The average molecular weight is 358 g/mol. The van der Waals surface area contributed by atoms with E-state index >= 15 is 0 Å². The number of hydrogen-bond donors (Lipinski definition) is 1. The van der Waals surface area contributed by atoms with E-state index in [1.807, 2.05) is 11.8 Å². The smallest absolute Gasteiger partial charge is 0.253 e. The van der Waals surface area contributed by atoms with E-state index in [1.54, 1.807) is 24.0 Å². The summed E-state index contributed by atoms with van der Waals surface area (Å²) in [5.41, 5.74) is 0.402. The number of methoxy groups -OCH3 is 1. The number of carbonyl (C=O) groups is 1. The Hall–Kier alpha value is -1.09. The van der Waals surface area contributed by atoms with Gasteiger partial charge in [0.25, 0.3) is 5.91 Å². The normalized spacial score (nSPS) is 17.0. The number of hydrogen-bond acceptors (Lipinski definition) is 5. The molecular formula is C15H22N2O4S2. The molecule has 0 bridgehead atoms. The van der Waals surface area contributed by atoms with Crippen molar-refractivity contribution < 1.29 is 17.9 Å². The van der Waals surface area contributed by atoms with Gasteiger partial charge in [-0.1, -0.05) is 6.07 Å². The molecule has 0 aliphatic carbocycles. The van der Waals surface area contributed by atoms with Crippen LogP contribution in [0.2, 0.25) is 0 Å². The molecule has 0 radical (unpaired) electrons. The lowest BCUT2D eigenvalue weighted by atomic mass is 10.2. The Morgan fingerprint density at radius 1 is 1.39 bits per heavy atom. The zero-order chi connectivity index (χ0) is 16.9. The van der Waals surface area contributed by atoms with Crippen LogP contribution < -0.4 is 4.72 Å². The molecule has 1 unspecified atom stereocenters. The second-order valence-corrected chi connectivity index (χ2v) is 8.35. The van der Waals surface area contributed by atoms with Gasteiger partial charge in [0, 0.05) is 43.3 Å². The van der Waals surface area contributed by atoms with E-state index in [4.69, 9.17) is 4.74 Å². The molecule has 2 rings (SSSR count). The molecule has 1 aliphatic rings. The van der Waals surface area contributed by atoms with Crippen molar-refractivity contribution in [2.45, 2.75) is 17.9 Å². The number of sulfonamides is 1. The van der Waals surface area contributed by atoms with Crippen LogP contribution in [0.25, 0.3) is 0 Å². The Morgan fingerprint density at radius 2 is 2.09 bits per heavy atom. The lowest BCUT2D eigenvalue weighted by molar-refractivity contribution is 0.0772. The van der Waals surface area contributed by atoms with Gasteiger partial charge in [-0.3, -0.25) is 4.79 Å². The van der Waals surface area contributed by atoms with Crippen LogP contribution >= 0.6 is 11.8 Å². The lowest BCUT2D eigenvalue weighted by Gasteiger charge is -2.26. The zero-order valence-electron chi connectivity index (χ0n) is 13.3. The fraction of sp³-hybridized carbons (Fsp3) is 0.533. The Kier molecular flexibility index (Phi) is 6.46. The third-order valence-corrected chi connectivity index (χ3v) is 5.99. The number of amides is 1. The molecule has 1 heterocycles. The second-order valence-electron chi connectivity index (χ2n) is 5.41. The van der Waals surface area contributed by atoms with E-state index in [-0.39, 0.29) is 23.5 Å². The first kappa shape index (κ1) is 18.3. The maximum atomic E-state index is 12.5. The summed E-state index contributed by atoms with van der Waals surface area (Å²) in [4.78, 5) is 14.3. The predicted molar refractivity (Wildman–Crippen MR) is 91.3 cm³/mol. The summed E-state index contributed by atoms with van der Waals surface area (Å²) in [6.45, 7) is 3.40. The third kappa shape index (κ3) is 4.94. The third-order valence-electron chi connectivity index (χ3n) is 3.46. The predicted octanol–water partition coefficient (Wildman–Crippen LogP) is 1.19. The van der Waals surface area contributed by atoms with Crippen LogP contribution in [0.3, 0.4) is 0 Å². The highest BCUT2D eigenvalue weighted by atomic mass is 32.2. The average Bonchev–Trinajstić information content (AvgIpc) is 2.55. The van der Waals surface area contributed by atoms with E-state index < -0.39 is 10.0 Å². The minimum absolute atomic E-state index is 0.0951. The summed E-state index contributed by atoms with van der Waals surface area (Å²) in [5, 5.41) is 0. The largest absolute Gasteiger partial charge is 0.383 e. The van der Waals surface area contributed by atoms with Gasteiger partial charge >= 0.3 is 0 Å². The molecule has 8 heteroatoms. The van der Waals surface area contributed by atoms with Crippen LogP contribution in [0.5, 0.6) is 0 Å². The molecule has 1 atom stereocenters. The fourth-order valence-corrected chi connectivity index (χ4v) is 4.54. The first-order valence-corrected chi connectivity index (χ1v) is 10.1. The maximum Gasteiger partial charge on any atom is 0.253 e. The van der Waals surface area contributed by atoms with E-state index in [1.165, 1.54) is 19.2 Å². The number of thioether (sulfide) groups is 1. The van der Waals surface area contributed by atoms with Crippen LogP contribution in [0, 0.1) is 0 Å². The van der Waals surface area contributed by atoms with Gasteiger partial charge in [-0.15, -0.1) is 0 Å². The van der Waals surface area contributed by atoms with E-state index in [0.717, 1.165) is 11.5 Å². The molecule has 6 nitrogen and oxygen atoms in total. The van der Waals surface area contributed by atoms with E-state index in [9.17, 15) is 13.2 Å². The van der Waals surface area contributed by atoms with Crippen molar-refractivity contribution >= 4 is 27.7 Å². The number of nitrogens with zero attached hydrogens (tertiary/aromatic N) is 1. The van der Waals surface area contributed by atoms with E-state index in [0.29, 0.717) is 18.7 Å². The van der Waals surface area contributed by atoms with Crippen LogP contribution in [-0.2, 0) is 14.8 Å². The molecule has 0 spiro atoms. The summed E-state index contributed by atoms with van der Waals surface area (Å²) in [6.07, 6.45) is 0. The fourth-order valence-electron chi connectivity index (χ4n) is 2.36. The van der Waals surface area contributed by atoms with Gasteiger partial charge in [-0.2, -0.15) is 11.8 Å². The minimum Gasteiger partial charge on any atom is -0.383 e. The van der Waals surface area contributed by atoms with E-state index in [2.05, 4.69) is 4.72 Å². The Labute approximate surface area is 141 Å². The first-order chi connectivity index (χ1) is 10.9. The van der Waals surface area contributed by atoms with Gasteiger partial charge in [-0.25, -0.2) is 13.1 Å². The number of nitrogens with one attached hydrogen (secondary N) is 1. The number of ether oxygens (including phenoxy) is 1. The number of rotatable bonds is 6. The maximum absolute atomic E-state index is 12.5. The summed E-state index contributed by atoms with van der Waals surface area (Å²) in [6, 6.07) is 5.84. The van der Waals surface area contributed by atoms with Crippen molar-refractivity contribution in [2.24, 2.45) is 0 Å². The SMILES string of the molecule is COCC(C)NS(=O)(=O)c1cccc(C(=O)N2CCSCC2)c1. The highest BCUT2D eigenvalue weighted by Gasteiger charge is 2.22. The van der Waals surface area contributed by atoms with Gasteiger partial charge in [-0.05, 0) is 25.1 Å². The molecule has 1 N–H and O–H groups in total. The van der Waals surface area contributed by atoms with Gasteiger partial charge in [0.2, 0.25) is 10.0 Å². The monoisotopic (exact) mass is 358 g/mol. The molecule has 23 heavy (non-hydrogen) atoms. The van der Waals surface area contributed by atoms with Crippen LogP contribution in [0.4, 0.5) is 0 Å². The van der Waals surface area contributed by atoms with Crippen LogP contribution in [0.15, 0.2) is 29.2 Å². The summed E-state index contributed by atoms with van der Waals surface area (Å²) >= 11 is 1.82. The molecule has 1 saturated heterocycles. The number of benzene rings is 1. The quantitative estimate of drug-likeness (QED) is 0.827. The molecule has 1 aromatic carbocycles. The molecule has 0 saturated carbocycles. The highest BCUT2D eigenvalue weighted by Crippen LogP contribution is 2.16. The molecular weight excluding hydrogens is 336 g/mol. The van der Waals surface area contributed by atoms with Crippen LogP contribution in [-0.4, -0.2) is 63.6 Å². The van der Waals surface area contributed by atoms with Crippen molar-refractivity contribution in [3.05, 3.63) is 29.8 Å². The molecule has 1 fully saturated rings. The Morgan fingerprint density at radius 3 is 2.74 bits per heavy atom. The van der Waals surface area contributed by atoms with Gasteiger partial charge in [0.1, 0.15) is 0 Å². The first-order valence-electron chi connectivity index (χ1n) is 7.42. The van der Waals surface area contributed by atoms with Crippen molar-refractivity contribution in [1.29, 1.82) is 0 Å². The van der Waals surface area contributed by atoms with Crippen molar-refractivity contribution in [2.75, 3.05) is 38.3 Å². The van der Waals surface area contributed by atoms with Gasteiger partial charge in [0.05, 0.1) is 11.5 Å².